The predicted molar refractivity (Wildman–Crippen MR) is 94.2 cm³/mol. The molecule has 1 heterocycles. The number of hydrogen-bond donors (Lipinski definition) is 0. The lowest BCUT2D eigenvalue weighted by atomic mass is 10.1. The van der Waals surface area contributed by atoms with Gasteiger partial charge in [0.2, 0.25) is 9.84 Å². The molecule has 3 aromatic rings. The molecule has 7 heteroatoms. The molecule has 0 saturated heterocycles. The van der Waals surface area contributed by atoms with Crippen LogP contribution in [0.2, 0.25) is 0 Å². The Morgan fingerprint density at radius 3 is 2.72 bits per heavy atom. The first-order chi connectivity index (χ1) is 12.0. The Balaban J connectivity index is 1.85. The summed E-state index contributed by atoms with van der Waals surface area (Å²) in [7, 11) is -4.11. The summed E-state index contributed by atoms with van der Waals surface area (Å²) in [5, 5.41) is 2.91. The van der Waals surface area contributed by atoms with E-state index in [1.807, 2.05) is 29.6 Å². The number of rotatable bonds is 4. The molecule has 4 rings (SSSR count). The molecule has 0 radical (unpaired) electrons. The summed E-state index contributed by atoms with van der Waals surface area (Å²) in [5.74, 6) is 0.792. The van der Waals surface area contributed by atoms with E-state index in [2.05, 4.69) is 0 Å². The van der Waals surface area contributed by atoms with Crippen LogP contribution in [0, 0.1) is 0 Å². The van der Waals surface area contributed by atoms with E-state index in [1.54, 1.807) is 11.3 Å². The van der Waals surface area contributed by atoms with Gasteiger partial charge in [0.05, 0.1) is 4.90 Å². The van der Waals surface area contributed by atoms with E-state index in [0.717, 1.165) is 10.1 Å². The Bertz CT molecular complexity index is 1100. The fourth-order valence-corrected chi connectivity index (χ4v) is 4.86. The minimum Gasteiger partial charge on any atom is -0.456 e. The number of carbonyl (C=O) groups excluding carboxylic acids is 1. The standard InChI is InChI=1S/C18H13FO4S2/c19-10-25(21,22)17-7-6-15(12-4-5-13(20)18(12)17)23-14-2-1-3-16-11(14)8-9-24-16/h1-3,6-9H,4-5,10H2. The molecule has 0 N–H and O–H groups in total. The molecule has 0 atom stereocenters. The van der Waals surface area contributed by atoms with Crippen molar-refractivity contribution < 1.29 is 22.3 Å². The fraction of sp³-hybridized carbons (Fsp3) is 0.167. The number of thiophene rings is 1. The van der Waals surface area contributed by atoms with Gasteiger partial charge in [0.1, 0.15) is 11.5 Å². The summed E-state index contributed by atoms with van der Waals surface area (Å²) in [6.45, 7) is 0. The molecule has 25 heavy (non-hydrogen) atoms. The zero-order valence-corrected chi connectivity index (χ0v) is 14.6. The second-order valence-corrected chi connectivity index (χ2v) is 8.59. The van der Waals surface area contributed by atoms with Crippen LogP contribution < -0.4 is 4.74 Å². The Labute approximate surface area is 147 Å². The van der Waals surface area contributed by atoms with Gasteiger partial charge in [0, 0.05) is 27.6 Å². The average Bonchev–Trinajstić information content (AvgIpc) is 3.23. The normalized spacial score (nSPS) is 14.0. The van der Waals surface area contributed by atoms with Crippen LogP contribution in [0.25, 0.3) is 10.1 Å². The van der Waals surface area contributed by atoms with Crippen LogP contribution in [0.1, 0.15) is 22.3 Å². The molecular weight excluding hydrogens is 363 g/mol. The Morgan fingerprint density at radius 1 is 1.08 bits per heavy atom. The van der Waals surface area contributed by atoms with Gasteiger partial charge >= 0.3 is 0 Å². The predicted octanol–water partition coefficient (Wildman–Crippen LogP) is 4.52. The van der Waals surface area contributed by atoms with Crippen LogP contribution in [0.5, 0.6) is 11.5 Å². The number of carbonyl (C=O) groups is 1. The number of alkyl halides is 1. The highest BCUT2D eigenvalue weighted by atomic mass is 32.2. The van der Waals surface area contributed by atoms with Crippen LogP contribution in [0.15, 0.2) is 46.7 Å². The highest BCUT2D eigenvalue weighted by Crippen LogP contribution is 2.40. The lowest BCUT2D eigenvalue weighted by molar-refractivity contribution is 0.0991. The smallest absolute Gasteiger partial charge is 0.208 e. The largest absolute Gasteiger partial charge is 0.456 e. The number of hydrogen-bond acceptors (Lipinski definition) is 5. The summed E-state index contributed by atoms with van der Waals surface area (Å²) < 4.78 is 43.9. The van der Waals surface area contributed by atoms with Crippen molar-refractivity contribution in [1.29, 1.82) is 0 Å². The van der Waals surface area contributed by atoms with Crippen molar-refractivity contribution in [2.45, 2.75) is 17.7 Å². The number of ketones is 1. The van der Waals surface area contributed by atoms with Crippen LogP contribution in [0.4, 0.5) is 4.39 Å². The van der Waals surface area contributed by atoms with Crippen molar-refractivity contribution >= 4 is 37.0 Å². The second-order valence-electron chi connectivity index (χ2n) is 5.75. The van der Waals surface area contributed by atoms with Gasteiger partial charge in [0.15, 0.2) is 11.8 Å². The molecule has 1 aliphatic rings. The lowest BCUT2D eigenvalue weighted by Gasteiger charge is -2.13. The van der Waals surface area contributed by atoms with Crippen molar-refractivity contribution in [3.63, 3.8) is 0 Å². The number of ether oxygens (including phenoxy) is 1. The first-order valence-corrected chi connectivity index (χ1v) is 10.2. The Morgan fingerprint density at radius 2 is 1.92 bits per heavy atom. The van der Waals surface area contributed by atoms with E-state index >= 15 is 0 Å². The summed E-state index contributed by atoms with van der Waals surface area (Å²) in [4.78, 5) is 11.9. The first-order valence-electron chi connectivity index (χ1n) is 7.63. The van der Waals surface area contributed by atoms with Gasteiger partial charge < -0.3 is 4.74 Å². The van der Waals surface area contributed by atoms with E-state index in [9.17, 15) is 17.6 Å². The first kappa shape index (κ1) is 16.2. The minimum absolute atomic E-state index is 0.0765. The van der Waals surface area contributed by atoms with E-state index < -0.39 is 15.8 Å². The van der Waals surface area contributed by atoms with Gasteiger partial charge in [-0.05, 0) is 42.1 Å². The zero-order valence-electron chi connectivity index (χ0n) is 13.0. The molecule has 4 nitrogen and oxygen atoms in total. The van der Waals surface area contributed by atoms with Crippen LogP contribution in [-0.2, 0) is 16.3 Å². The Kier molecular flexibility index (Phi) is 3.85. The molecule has 1 aliphatic carbocycles. The molecule has 2 aromatic carbocycles. The number of fused-ring (bicyclic) bond motifs is 2. The molecule has 128 valence electrons. The van der Waals surface area contributed by atoms with Crippen LogP contribution in [-0.4, -0.2) is 20.2 Å². The summed E-state index contributed by atoms with van der Waals surface area (Å²) >= 11 is 1.59. The van der Waals surface area contributed by atoms with Crippen LogP contribution in [0.3, 0.4) is 0 Å². The molecule has 0 spiro atoms. The molecule has 0 amide bonds. The molecule has 0 bridgehead atoms. The summed E-state index contributed by atoms with van der Waals surface area (Å²) in [6, 6.07) is 8.87. The summed E-state index contributed by atoms with van der Waals surface area (Å²) in [6.07, 6.45) is 0.589. The number of benzene rings is 2. The van der Waals surface area contributed by atoms with Crippen molar-refractivity contribution in [2.75, 3.05) is 6.01 Å². The van der Waals surface area contributed by atoms with Crippen molar-refractivity contribution in [2.24, 2.45) is 0 Å². The average molecular weight is 376 g/mol. The molecule has 0 unspecified atom stereocenters. The highest BCUT2D eigenvalue weighted by Gasteiger charge is 2.31. The van der Waals surface area contributed by atoms with Gasteiger partial charge in [0.25, 0.3) is 0 Å². The van der Waals surface area contributed by atoms with Gasteiger partial charge in [-0.15, -0.1) is 11.3 Å². The quantitative estimate of drug-likeness (QED) is 0.671. The number of sulfone groups is 1. The Hall–Kier alpha value is -2.25. The van der Waals surface area contributed by atoms with E-state index in [0.29, 0.717) is 23.5 Å². The topological polar surface area (TPSA) is 60.4 Å². The van der Waals surface area contributed by atoms with Crippen molar-refractivity contribution in [1.82, 2.24) is 0 Å². The molecular formula is C18H13FO4S2. The third-order valence-electron chi connectivity index (χ3n) is 4.27. The maximum atomic E-state index is 12.9. The zero-order chi connectivity index (χ0) is 17.6. The van der Waals surface area contributed by atoms with E-state index in [-0.39, 0.29) is 22.7 Å². The third kappa shape index (κ3) is 2.63. The second kappa shape index (κ2) is 5.93. The maximum absolute atomic E-state index is 12.9. The SMILES string of the molecule is O=C1CCc2c(Oc3cccc4sccc34)ccc(S(=O)(=O)CF)c21. The highest BCUT2D eigenvalue weighted by molar-refractivity contribution is 7.91. The lowest BCUT2D eigenvalue weighted by Crippen LogP contribution is -2.09. The van der Waals surface area contributed by atoms with Gasteiger partial charge in [-0.25, -0.2) is 12.8 Å². The molecule has 1 aromatic heterocycles. The van der Waals surface area contributed by atoms with Gasteiger partial charge in [-0.1, -0.05) is 6.07 Å². The van der Waals surface area contributed by atoms with Crippen molar-refractivity contribution in [3.05, 3.63) is 52.9 Å². The minimum atomic E-state index is -4.11. The summed E-state index contributed by atoms with van der Waals surface area (Å²) in [5.41, 5.74) is 0.611. The van der Waals surface area contributed by atoms with Gasteiger partial charge in [-0.3, -0.25) is 4.79 Å². The maximum Gasteiger partial charge on any atom is 0.208 e. The number of Topliss-reactive ketones (excluding diaryl/α,β-unsaturated/α-hetero) is 1. The molecule has 0 saturated carbocycles. The molecule has 0 aliphatic heterocycles. The van der Waals surface area contributed by atoms with Crippen molar-refractivity contribution in [3.8, 4) is 11.5 Å². The van der Waals surface area contributed by atoms with E-state index in [4.69, 9.17) is 4.74 Å². The third-order valence-corrected chi connectivity index (χ3v) is 6.45. The van der Waals surface area contributed by atoms with Crippen LogP contribution >= 0.6 is 11.3 Å². The van der Waals surface area contributed by atoms with Gasteiger partial charge in [-0.2, -0.15) is 0 Å². The number of halogens is 1. The fourth-order valence-electron chi connectivity index (χ4n) is 3.11. The molecule has 0 fully saturated rings. The van der Waals surface area contributed by atoms with E-state index in [1.165, 1.54) is 12.1 Å². The monoisotopic (exact) mass is 376 g/mol.